The first-order chi connectivity index (χ1) is 11.8. The summed E-state index contributed by atoms with van der Waals surface area (Å²) in [6.45, 7) is 3.37. The Morgan fingerprint density at radius 1 is 1.12 bits per heavy atom. The molecule has 1 fully saturated rings. The van der Waals surface area contributed by atoms with Crippen LogP contribution in [0.1, 0.15) is 30.4 Å². The number of rotatable bonds is 6. The highest BCUT2D eigenvalue weighted by molar-refractivity contribution is 5.80. The summed E-state index contributed by atoms with van der Waals surface area (Å²) in [6, 6.07) is 19.2. The fourth-order valence-electron chi connectivity index (χ4n) is 2.92. The molecule has 2 N–H and O–H groups in total. The fraction of sp³-hybridized carbons (Fsp3) is 0.350. The molecule has 0 bridgehead atoms. The van der Waals surface area contributed by atoms with Gasteiger partial charge in [0.05, 0.1) is 6.61 Å². The highest BCUT2D eigenvalue weighted by atomic mass is 16.5. The van der Waals surface area contributed by atoms with E-state index in [0.29, 0.717) is 25.1 Å². The summed E-state index contributed by atoms with van der Waals surface area (Å²) in [6.07, 6.45) is 1.15. The lowest BCUT2D eigenvalue weighted by molar-refractivity contribution is 0.336. The van der Waals surface area contributed by atoms with E-state index in [2.05, 4.69) is 52.0 Å². The predicted octanol–water partition coefficient (Wildman–Crippen LogP) is 3.31. The smallest absolute Gasteiger partial charge is 0.191 e. The van der Waals surface area contributed by atoms with Crippen LogP contribution in [0.4, 0.5) is 0 Å². The molecule has 0 saturated heterocycles. The van der Waals surface area contributed by atoms with Crippen LogP contribution >= 0.6 is 0 Å². The lowest BCUT2D eigenvalue weighted by atomic mass is 10.1. The van der Waals surface area contributed by atoms with Gasteiger partial charge >= 0.3 is 0 Å². The summed E-state index contributed by atoms with van der Waals surface area (Å²) in [5.74, 6) is 2.35. The summed E-state index contributed by atoms with van der Waals surface area (Å²) >= 11 is 0. The molecule has 2 atom stereocenters. The Balaban J connectivity index is 1.54. The normalized spacial score (nSPS) is 19.7. The molecule has 2 unspecified atom stereocenters. The Hall–Kier alpha value is -2.49. The van der Waals surface area contributed by atoms with E-state index in [0.717, 1.165) is 23.7 Å². The molecule has 2 aromatic rings. The van der Waals surface area contributed by atoms with E-state index in [9.17, 15) is 0 Å². The van der Waals surface area contributed by atoms with Gasteiger partial charge < -0.3 is 15.4 Å². The van der Waals surface area contributed by atoms with Gasteiger partial charge in [0.1, 0.15) is 5.75 Å². The lowest BCUT2D eigenvalue weighted by Gasteiger charge is -2.14. The van der Waals surface area contributed by atoms with Crippen molar-refractivity contribution in [3.8, 4) is 5.75 Å². The first kappa shape index (κ1) is 16.4. The number of guanidine groups is 1. The first-order valence-corrected chi connectivity index (χ1v) is 8.54. The molecule has 4 heteroatoms. The van der Waals surface area contributed by atoms with Crippen molar-refractivity contribution in [3.05, 3.63) is 65.7 Å². The molecule has 0 radical (unpaired) electrons. The standard InChI is InChI=1S/C20H25N3O/c1-3-24-19-12-8-7-11-16(19)14-22-20(21-2)23-18-13-17(18)15-9-5-4-6-10-15/h4-12,17-18H,3,13-14H2,1-2H3,(H2,21,22,23). The highest BCUT2D eigenvalue weighted by Crippen LogP contribution is 2.40. The topological polar surface area (TPSA) is 45.6 Å². The van der Waals surface area contributed by atoms with Crippen LogP contribution in [-0.2, 0) is 6.54 Å². The van der Waals surface area contributed by atoms with Crippen LogP contribution < -0.4 is 15.4 Å². The van der Waals surface area contributed by atoms with Crippen molar-refractivity contribution >= 4 is 5.96 Å². The average Bonchev–Trinajstić information content (AvgIpc) is 3.40. The van der Waals surface area contributed by atoms with Gasteiger partial charge in [-0.05, 0) is 25.0 Å². The Morgan fingerprint density at radius 2 is 1.88 bits per heavy atom. The van der Waals surface area contributed by atoms with Gasteiger partial charge in [-0.25, -0.2) is 0 Å². The third-order valence-electron chi connectivity index (χ3n) is 4.28. The van der Waals surface area contributed by atoms with Crippen molar-refractivity contribution in [1.29, 1.82) is 0 Å². The van der Waals surface area contributed by atoms with Gasteiger partial charge in [0, 0.05) is 31.1 Å². The van der Waals surface area contributed by atoms with Crippen LogP contribution in [0.2, 0.25) is 0 Å². The zero-order valence-corrected chi connectivity index (χ0v) is 14.3. The van der Waals surface area contributed by atoms with Gasteiger partial charge in [0.25, 0.3) is 0 Å². The number of hydrogen-bond acceptors (Lipinski definition) is 2. The largest absolute Gasteiger partial charge is 0.494 e. The maximum atomic E-state index is 5.67. The van der Waals surface area contributed by atoms with Crippen molar-refractivity contribution in [2.75, 3.05) is 13.7 Å². The second-order valence-electron chi connectivity index (χ2n) is 5.97. The number of nitrogens with zero attached hydrogens (tertiary/aromatic N) is 1. The molecule has 0 spiro atoms. The minimum absolute atomic E-state index is 0.459. The van der Waals surface area contributed by atoms with Crippen molar-refractivity contribution in [2.24, 2.45) is 4.99 Å². The molecule has 0 aromatic heterocycles. The van der Waals surface area contributed by atoms with E-state index in [1.165, 1.54) is 5.56 Å². The minimum atomic E-state index is 0.459. The van der Waals surface area contributed by atoms with Crippen LogP contribution in [0.15, 0.2) is 59.6 Å². The van der Waals surface area contributed by atoms with Crippen molar-refractivity contribution in [1.82, 2.24) is 10.6 Å². The van der Waals surface area contributed by atoms with Crippen LogP contribution in [0, 0.1) is 0 Å². The maximum Gasteiger partial charge on any atom is 0.191 e. The van der Waals surface area contributed by atoms with Gasteiger partial charge in [-0.3, -0.25) is 4.99 Å². The van der Waals surface area contributed by atoms with Gasteiger partial charge in [-0.15, -0.1) is 0 Å². The molecule has 4 nitrogen and oxygen atoms in total. The predicted molar refractivity (Wildman–Crippen MR) is 98.5 cm³/mol. The molecule has 2 aromatic carbocycles. The molecule has 1 saturated carbocycles. The van der Waals surface area contributed by atoms with E-state index < -0.39 is 0 Å². The second kappa shape index (κ2) is 7.86. The average molecular weight is 323 g/mol. The fourth-order valence-corrected chi connectivity index (χ4v) is 2.92. The van der Waals surface area contributed by atoms with E-state index in [-0.39, 0.29) is 0 Å². The molecular formula is C20H25N3O. The molecule has 1 aliphatic carbocycles. The van der Waals surface area contributed by atoms with Crippen LogP contribution in [0.3, 0.4) is 0 Å². The zero-order valence-electron chi connectivity index (χ0n) is 14.3. The first-order valence-electron chi connectivity index (χ1n) is 8.54. The van der Waals surface area contributed by atoms with E-state index in [1.54, 1.807) is 0 Å². The number of hydrogen-bond donors (Lipinski definition) is 2. The summed E-state index contributed by atoms with van der Waals surface area (Å²) in [4.78, 5) is 4.34. The molecule has 0 heterocycles. The van der Waals surface area contributed by atoms with Crippen molar-refractivity contribution < 1.29 is 4.74 Å². The van der Waals surface area contributed by atoms with E-state index >= 15 is 0 Å². The number of benzene rings is 2. The van der Waals surface area contributed by atoms with Crippen molar-refractivity contribution in [3.63, 3.8) is 0 Å². The Morgan fingerprint density at radius 3 is 2.62 bits per heavy atom. The number of para-hydroxylation sites is 1. The highest BCUT2D eigenvalue weighted by Gasteiger charge is 2.38. The Kier molecular flexibility index (Phi) is 5.36. The van der Waals surface area contributed by atoms with Crippen LogP contribution in [-0.4, -0.2) is 25.7 Å². The molecule has 126 valence electrons. The van der Waals surface area contributed by atoms with Crippen LogP contribution in [0.25, 0.3) is 0 Å². The zero-order chi connectivity index (χ0) is 16.8. The number of ether oxygens (including phenoxy) is 1. The molecule has 0 amide bonds. The van der Waals surface area contributed by atoms with Crippen molar-refractivity contribution in [2.45, 2.75) is 31.8 Å². The number of nitrogens with one attached hydrogen (secondary N) is 2. The van der Waals surface area contributed by atoms with Gasteiger partial charge in [0.15, 0.2) is 5.96 Å². The van der Waals surface area contributed by atoms with Gasteiger partial charge in [-0.2, -0.15) is 0 Å². The summed E-state index contributed by atoms with van der Waals surface area (Å²) in [5.41, 5.74) is 2.53. The third kappa shape index (κ3) is 4.07. The number of aliphatic imine (C=N–C) groups is 1. The van der Waals surface area contributed by atoms with E-state index in [1.807, 2.05) is 32.2 Å². The third-order valence-corrected chi connectivity index (χ3v) is 4.28. The Bertz CT molecular complexity index is 684. The summed E-state index contributed by atoms with van der Waals surface area (Å²) in [7, 11) is 1.81. The maximum absolute atomic E-state index is 5.67. The summed E-state index contributed by atoms with van der Waals surface area (Å²) < 4.78 is 5.67. The lowest BCUT2D eigenvalue weighted by Crippen LogP contribution is -2.38. The quantitative estimate of drug-likeness (QED) is 0.633. The van der Waals surface area contributed by atoms with E-state index in [4.69, 9.17) is 4.74 Å². The Labute approximate surface area is 144 Å². The second-order valence-corrected chi connectivity index (χ2v) is 5.97. The molecule has 1 aliphatic rings. The SMILES string of the molecule is CCOc1ccccc1CNC(=NC)NC1CC1c1ccccc1. The minimum Gasteiger partial charge on any atom is -0.494 e. The van der Waals surface area contributed by atoms with Crippen LogP contribution in [0.5, 0.6) is 5.75 Å². The molecular weight excluding hydrogens is 298 g/mol. The van der Waals surface area contributed by atoms with Gasteiger partial charge in [-0.1, -0.05) is 48.5 Å². The molecule has 0 aliphatic heterocycles. The van der Waals surface area contributed by atoms with Gasteiger partial charge in [0.2, 0.25) is 0 Å². The monoisotopic (exact) mass is 323 g/mol. The molecule has 24 heavy (non-hydrogen) atoms. The molecule has 3 rings (SSSR count). The summed E-state index contributed by atoms with van der Waals surface area (Å²) in [5, 5.41) is 6.90.